The number of nitriles is 1. The molecule has 2 atom stereocenters. The van der Waals surface area contributed by atoms with Crippen LogP contribution in [0.4, 0.5) is 0 Å². The Kier molecular flexibility index (Phi) is 4.72. The molecule has 3 nitrogen and oxygen atoms in total. The van der Waals surface area contributed by atoms with Gasteiger partial charge >= 0.3 is 0 Å². The highest BCUT2D eigenvalue weighted by Gasteiger charge is 2.32. The molecule has 1 aromatic rings. The largest absolute Gasteiger partial charge is 0.222 e. The zero-order chi connectivity index (χ0) is 13.1. The lowest BCUT2D eigenvalue weighted by Crippen LogP contribution is -2.26. The molecule has 0 spiro atoms. The highest BCUT2D eigenvalue weighted by molar-refractivity contribution is 9.10. The highest BCUT2D eigenvalue weighted by atomic mass is 79.9. The molecule has 0 aliphatic carbocycles. The lowest BCUT2D eigenvalue weighted by molar-refractivity contribution is 0.533. The molecule has 0 bridgehead atoms. The molecular weight excluding hydrogens is 302 g/mol. The summed E-state index contributed by atoms with van der Waals surface area (Å²) in [5, 5.41) is 8.08. The molecule has 0 saturated carbocycles. The van der Waals surface area contributed by atoms with E-state index in [0.717, 1.165) is 0 Å². The summed E-state index contributed by atoms with van der Waals surface area (Å²) in [7, 11) is -3.60. The van der Waals surface area contributed by atoms with Gasteiger partial charge in [-0.3, -0.25) is 0 Å². The van der Waals surface area contributed by atoms with Crippen LogP contribution in [-0.2, 0) is 9.84 Å². The van der Waals surface area contributed by atoms with Crippen molar-refractivity contribution in [2.24, 2.45) is 5.92 Å². The first-order chi connectivity index (χ1) is 7.95. The Hall–Kier alpha value is -0.860. The van der Waals surface area contributed by atoms with Crippen LogP contribution in [0.25, 0.3) is 0 Å². The fraction of sp³-hybridized carbons (Fsp3) is 0.417. The molecule has 0 aromatic heterocycles. The van der Waals surface area contributed by atoms with Crippen molar-refractivity contribution in [2.75, 3.05) is 0 Å². The van der Waals surface area contributed by atoms with E-state index in [9.17, 15) is 8.42 Å². The van der Waals surface area contributed by atoms with Crippen molar-refractivity contribution in [1.29, 1.82) is 5.26 Å². The predicted octanol–water partition coefficient (Wildman–Crippen LogP) is 3.16. The molecule has 1 aromatic carbocycles. The molecule has 0 amide bonds. The maximum absolute atomic E-state index is 12.3. The number of rotatable bonds is 4. The normalized spacial score (nSPS) is 14.9. The molecule has 5 heteroatoms. The number of hydrogen-bond acceptors (Lipinski definition) is 3. The first-order valence-corrected chi connectivity index (χ1v) is 7.67. The van der Waals surface area contributed by atoms with E-state index in [4.69, 9.17) is 5.26 Å². The molecule has 0 aliphatic heterocycles. The van der Waals surface area contributed by atoms with Gasteiger partial charge in [-0.15, -0.1) is 0 Å². The molecule has 2 unspecified atom stereocenters. The molecule has 0 heterocycles. The smallest absolute Gasteiger partial charge is 0.195 e. The van der Waals surface area contributed by atoms with Crippen LogP contribution >= 0.6 is 15.9 Å². The van der Waals surface area contributed by atoms with E-state index >= 15 is 0 Å². The van der Waals surface area contributed by atoms with Crippen LogP contribution in [0.15, 0.2) is 33.6 Å². The van der Waals surface area contributed by atoms with Gasteiger partial charge < -0.3 is 0 Å². The van der Waals surface area contributed by atoms with E-state index in [0.29, 0.717) is 10.9 Å². The van der Waals surface area contributed by atoms with E-state index in [-0.39, 0.29) is 10.8 Å². The minimum atomic E-state index is -3.60. The van der Waals surface area contributed by atoms with Crippen molar-refractivity contribution in [1.82, 2.24) is 0 Å². The summed E-state index contributed by atoms with van der Waals surface area (Å²) in [6.45, 7) is 3.66. The van der Waals surface area contributed by atoms with E-state index < -0.39 is 15.1 Å². The Bertz CT molecular complexity index is 534. The van der Waals surface area contributed by atoms with Crippen molar-refractivity contribution >= 4 is 25.8 Å². The summed E-state index contributed by atoms with van der Waals surface area (Å²) >= 11 is 3.21. The minimum Gasteiger partial charge on any atom is -0.222 e. The standard InChI is InChI=1S/C12H14BrNO2S/c1-3-9(2)12(8-14)17(15,16)11-7-5-4-6-10(11)13/h4-7,9,12H,3H2,1-2H3. The van der Waals surface area contributed by atoms with Gasteiger partial charge in [0, 0.05) is 4.47 Å². The van der Waals surface area contributed by atoms with Crippen LogP contribution in [0.3, 0.4) is 0 Å². The van der Waals surface area contributed by atoms with Gasteiger partial charge in [0.1, 0.15) is 0 Å². The summed E-state index contributed by atoms with van der Waals surface area (Å²) in [6.07, 6.45) is 0.655. The van der Waals surface area contributed by atoms with Crippen LogP contribution in [-0.4, -0.2) is 13.7 Å². The van der Waals surface area contributed by atoms with Crippen molar-refractivity contribution in [3.8, 4) is 6.07 Å². The molecule has 0 saturated heterocycles. The Morgan fingerprint density at radius 3 is 2.47 bits per heavy atom. The van der Waals surface area contributed by atoms with Gasteiger partial charge in [0.2, 0.25) is 0 Å². The first kappa shape index (κ1) is 14.2. The molecule has 0 fully saturated rings. The summed E-state index contributed by atoms with van der Waals surface area (Å²) in [5.74, 6) is -0.183. The fourth-order valence-corrected chi connectivity index (χ4v) is 4.31. The van der Waals surface area contributed by atoms with Gasteiger partial charge in [0.25, 0.3) is 0 Å². The van der Waals surface area contributed by atoms with E-state index in [1.165, 1.54) is 6.07 Å². The molecular formula is C12H14BrNO2S. The Balaban J connectivity index is 3.29. The summed E-state index contributed by atoms with van der Waals surface area (Å²) < 4.78 is 25.2. The Morgan fingerprint density at radius 1 is 1.41 bits per heavy atom. The summed E-state index contributed by atoms with van der Waals surface area (Å²) in [6, 6.07) is 8.49. The second-order valence-electron chi connectivity index (χ2n) is 3.91. The van der Waals surface area contributed by atoms with Crippen molar-refractivity contribution in [2.45, 2.75) is 30.4 Å². The monoisotopic (exact) mass is 315 g/mol. The maximum atomic E-state index is 12.3. The van der Waals surface area contributed by atoms with Gasteiger partial charge in [0.05, 0.1) is 11.0 Å². The number of halogens is 1. The van der Waals surface area contributed by atoms with E-state index in [1.807, 2.05) is 13.0 Å². The summed E-state index contributed by atoms with van der Waals surface area (Å²) in [4.78, 5) is 0.187. The molecule has 17 heavy (non-hydrogen) atoms. The number of nitrogens with zero attached hydrogens (tertiary/aromatic N) is 1. The third-order valence-corrected chi connectivity index (χ3v) is 5.93. The van der Waals surface area contributed by atoms with Crippen LogP contribution < -0.4 is 0 Å². The van der Waals surface area contributed by atoms with Gasteiger partial charge in [-0.25, -0.2) is 8.42 Å². The van der Waals surface area contributed by atoms with Gasteiger partial charge in [0.15, 0.2) is 15.1 Å². The highest BCUT2D eigenvalue weighted by Crippen LogP contribution is 2.28. The molecule has 0 aliphatic rings. The molecule has 1 rings (SSSR count). The average molecular weight is 316 g/mol. The zero-order valence-electron chi connectivity index (χ0n) is 9.72. The second-order valence-corrected chi connectivity index (χ2v) is 6.80. The molecule has 92 valence electrons. The quantitative estimate of drug-likeness (QED) is 0.857. The third kappa shape index (κ3) is 2.88. The zero-order valence-corrected chi connectivity index (χ0v) is 12.1. The van der Waals surface area contributed by atoms with Crippen LogP contribution in [0.5, 0.6) is 0 Å². The predicted molar refractivity (Wildman–Crippen MR) is 70.2 cm³/mol. The lowest BCUT2D eigenvalue weighted by atomic mass is 10.1. The Morgan fingerprint density at radius 2 is 2.00 bits per heavy atom. The van der Waals surface area contributed by atoms with Gasteiger partial charge in [-0.1, -0.05) is 32.4 Å². The van der Waals surface area contributed by atoms with E-state index in [2.05, 4.69) is 15.9 Å². The maximum Gasteiger partial charge on any atom is 0.195 e. The molecule has 0 radical (unpaired) electrons. The first-order valence-electron chi connectivity index (χ1n) is 5.33. The van der Waals surface area contributed by atoms with Gasteiger partial charge in [-0.2, -0.15) is 5.26 Å². The summed E-state index contributed by atoms with van der Waals surface area (Å²) in [5.41, 5.74) is 0. The number of hydrogen-bond donors (Lipinski definition) is 0. The van der Waals surface area contributed by atoms with Crippen LogP contribution in [0.1, 0.15) is 20.3 Å². The fourth-order valence-electron chi connectivity index (χ4n) is 1.53. The average Bonchev–Trinajstić information content (AvgIpc) is 2.29. The number of sulfone groups is 1. The van der Waals surface area contributed by atoms with Crippen LogP contribution in [0, 0.1) is 17.2 Å². The van der Waals surface area contributed by atoms with Gasteiger partial charge in [-0.05, 0) is 34.0 Å². The SMILES string of the molecule is CCC(C)C(C#N)S(=O)(=O)c1ccccc1Br. The lowest BCUT2D eigenvalue weighted by Gasteiger charge is -2.17. The van der Waals surface area contributed by atoms with Crippen molar-refractivity contribution in [3.63, 3.8) is 0 Å². The number of benzene rings is 1. The van der Waals surface area contributed by atoms with E-state index in [1.54, 1.807) is 25.1 Å². The molecule has 0 N–H and O–H groups in total. The second kappa shape index (κ2) is 5.65. The third-order valence-electron chi connectivity index (χ3n) is 2.77. The topological polar surface area (TPSA) is 57.9 Å². The minimum absolute atomic E-state index is 0.183. The van der Waals surface area contributed by atoms with Crippen LogP contribution in [0.2, 0.25) is 0 Å². The van der Waals surface area contributed by atoms with Crippen molar-refractivity contribution < 1.29 is 8.42 Å². The van der Waals surface area contributed by atoms with Crippen molar-refractivity contribution in [3.05, 3.63) is 28.7 Å². The Labute approximate surface area is 111 Å².